The lowest BCUT2D eigenvalue weighted by Crippen LogP contribution is -2.38. The Labute approximate surface area is 172 Å². The summed E-state index contributed by atoms with van der Waals surface area (Å²) in [5.74, 6) is 1.46. The molecule has 3 heterocycles. The predicted molar refractivity (Wildman–Crippen MR) is 112 cm³/mol. The highest BCUT2D eigenvalue weighted by atomic mass is 32.1. The second kappa shape index (κ2) is 7.48. The average Bonchev–Trinajstić information content (AvgIpc) is 3.45. The van der Waals surface area contributed by atoms with Gasteiger partial charge in [-0.1, -0.05) is 25.0 Å². The molecule has 0 radical (unpaired) electrons. The zero-order valence-corrected chi connectivity index (χ0v) is 16.7. The number of nitrogens with zero attached hydrogens (tertiary/aromatic N) is 2. The van der Waals surface area contributed by atoms with E-state index in [1.807, 2.05) is 41.8 Å². The Kier molecular flexibility index (Phi) is 4.67. The number of amides is 1. The largest absolute Gasteiger partial charge is 0.486 e. The standard InChI is InChI=1S/C22H21N3O3S/c26-20(25-21-24-17(14-29-21)16-5-1-4-10-23-16)22(8-2-3-9-22)15-6-7-18-19(13-15)28-12-11-27-18/h1,4-7,10,13-14H,2-3,8-9,11-12H2,(H,24,25,26). The highest BCUT2D eigenvalue weighted by Gasteiger charge is 2.43. The number of carbonyl (C=O) groups is 1. The summed E-state index contributed by atoms with van der Waals surface area (Å²) in [6.45, 7) is 1.09. The van der Waals surface area contributed by atoms with Crippen LogP contribution in [-0.2, 0) is 10.2 Å². The lowest BCUT2D eigenvalue weighted by atomic mass is 9.78. The zero-order chi connectivity index (χ0) is 19.7. The normalized spacial score (nSPS) is 17.1. The van der Waals surface area contributed by atoms with Crippen molar-refractivity contribution in [2.45, 2.75) is 31.1 Å². The summed E-state index contributed by atoms with van der Waals surface area (Å²) >= 11 is 1.42. The first-order valence-corrected chi connectivity index (χ1v) is 10.7. The fourth-order valence-electron chi connectivity index (χ4n) is 4.15. The molecule has 7 heteroatoms. The Morgan fingerprint density at radius 2 is 1.86 bits per heavy atom. The maximum atomic E-state index is 13.4. The minimum Gasteiger partial charge on any atom is -0.486 e. The third-order valence-corrected chi connectivity index (χ3v) is 6.40. The Morgan fingerprint density at radius 3 is 2.66 bits per heavy atom. The lowest BCUT2D eigenvalue weighted by molar-refractivity contribution is -0.121. The average molecular weight is 407 g/mol. The van der Waals surface area contributed by atoms with Crippen molar-refractivity contribution in [1.82, 2.24) is 9.97 Å². The number of anilines is 1. The van der Waals surface area contributed by atoms with E-state index in [1.165, 1.54) is 11.3 Å². The summed E-state index contributed by atoms with van der Waals surface area (Å²) in [4.78, 5) is 22.3. The Hall–Kier alpha value is -2.93. The Bertz CT molecular complexity index is 1030. The quantitative estimate of drug-likeness (QED) is 0.693. The van der Waals surface area contributed by atoms with Crippen molar-refractivity contribution < 1.29 is 14.3 Å². The van der Waals surface area contributed by atoms with Crippen molar-refractivity contribution in [1.29, 1.82) is 0 Å². The van der Waals surface area contributed by atoms with Crippen LogP contribution in [0.3, 0.4) is 0 Å². The molecule has 1 amide bonds. The summed E-state index contributed by atoms with van der Waals surface area (Å²) in [7, 11) is 0. The second-order valence-electron chi connectivity index (χ2n) is 7.35. The molecule has 0 bridgehead atoms. The van der Waals surface area contributed by atoms with Gasteiger partial charge in [-0.2, -0.15) is 0 Å². The highest BCUT2D eigenvalue weighted by Crippen LogP contribution is 2.45. The van der Waals surface area contributed by atoms with E-state index in [9.17, 15) is 4.79 Å². The smallest absolute Gasteiger partial charge is 0.236 e. The van der Waals surface area contributed by atoms with Crippen molar-refractivity contribution in [3.05, 3.63) is 53.5 Å². The molecule has 1 saturated carbocycles. The molecule has 0 atom stereocenters. The van der Waals surface area contributed by atoms with Crippen molar-refractivity contribution >= 4 is 22.4 Å². The van der Waals surface area contributed by atoms with Crippen LogP contribution in [0.4, 0.5) is 5.13 Å². The number of nitrogens with one attached hydrogen (secondary N) is 1. The molecule has 148 valence electrons. The molecule has 1 fully saturated rings. The fourth-order valence-corrected chi connectivity index (χ4v) is 4.85. The molecule has 1 aliphatic carbocycles. The maximum absolute atomic E-state index is 13.4. The van der Waals surface area contributed by atoms with Crippen LogP contribution in [0.5, 0.6) is 11.5 Å². The molecule has 0 unspecified atom stereocenters. The van der Waals surface area contributed by atoms with Gasteiger partial charge < -0.3 is 14.8 Å². The van der Waals surface area contributed by atoms with Crippen LogP contribution in [0.2, 0.25) is 0 Å². The number of benzene rings is 1. The van der Waals surface area contributed by atoms with E-state index in [-0.39, 0.29) is 5.91 Å². The summed E-state index contributed by atoms with van der Waals surface area (Å²) in [5, 5.41) is 5.58. The molecular weight excluding hydrogens is 386 g/mol. The van der Waals surface area contributed by atoms with E-state index in [0.717, 1.165) is 54.1 Å². The minimum absolute atomic E-state index is 0.00593. The van der Waals surface area contributed by atoms with E-state index < -0.39 is 5.41 Å². The van der Waals surface area contributed by atoms with E-state index in [4.69, 9.17) is 9.47 Å². The summed E-state index contributed by atoms with van der Waals surface area (Å²) in [6, 6.07) is 11.6. The van der Waals surface area contributed by atoms with Crippen LogP contribution >= 0.6 is 11.3 Å². The van der Waals surface area contributed by atoms with Crippen LogP contribution in [0.1, 0.15) is 31.2 Å². The predicted octanol–water partition coefficient (Wildman–Crippen LogP) is 4.43. The minimum atomic E-state index is -0.563. The monoisotopic (exact) mass is 407 g/mol. The molecule has 6 nitrogen and oxygen atoms in total. The molecule has 2 aliphatic rings. The van der Waals surface area contributed by atoms with Gasteiger partial charge in [-0.25, -0.2) is 4.98 Å². The summed E-state index contributed by atoms with van der Waals surface area (Å²) in [5.41, 5.74) is 1.99. The van der Waals surface area contributed by atoms with Crippen molar-refractivity contribution in [2.75, 3.05) is 18.5 Å². The number of fused-ring (bicyclic) bond motifs is 1. The number of hydrogen-bond donors (Lipinski definition) is 1. The lowest BCUT2D eigenvalue weighted by Gasteiger charge is -2.29. The Morgan fingerprint density at radius 1 is 1.03 bits per heavy atom. The molecule has 29 heavy (non-hydrogen) atoms. The fraction of sp³-hybridized carbons (Fsp3) is 0.318. The second-order valence-corrected chi connectivity index (χ2v) is 8.21. The van der Waals surface area contributed by atoms with Crippen LogP contribution in [-0.4, -0.2) is 29.1 Å². The molecule has 1 aromatic carbocycles. The summed E-state index contributed by atoms with van der Waals surface area (Å²) in [6.07, 6.45) is 5.42. The summed E-state index contributed by atoms with van der Waals surface area (Å²) < 4.78 is 11.4. The Balaban J connectivity index is 1.42. The van der Waals surface area contributed by atoms with Gasteiger partial charge in [-0.15, -0.1) is 11.3 Å². The zero-order valence-electron chi connectivity index (χ0n) is 15.9. The van der Waals surface area contributed by atoms with E-state index >= 15 is 0 Å². The molecule has 2 aromatic heterocycles. The number of carbonyl (C=O) groups excluding carboxylic acids is 1. The molecular formula is C22H21N3O3S. The van der Waals surface area contributed by atoms with Gasteiger partial charge in [-0.05, 0) is 42.7 Å². The molecule has 0 saturated heterocycles. The topological polar surface area (TPSA) is 73.3 Å². The van der Waals surface area contributed by atoms with Crippen molar-refractivity contribution in [2.24, 2.45) is 0 Å². The molecule has 3 aromatic rings. The first-order chi connectivity index (χ1) is 14.2. The van der Waals surface area contributed by atoms with Gasteiger partial charge in [0, 0.05) is 11.6 Å². The van der Waals surface area contributed by atoms with Gasteiger partial charge in [0.1, 0.15) is 18.9 Å². The van der Waals surface area contributed by atoms with Gasteiger partial charge in [0.05, 0.1) is 11.1 Å². The van der Waals surface area contributed by atoms with Crippen molar-refractivity contribution in [3.8, 4) is 22.9 Å². The van der Waals surface area contributed by atoms with Gasteiger partial charge in [-0.3, -0.25) is 9.78 Å². The molecule has 0 spiro atoms. The first kappa shape index (κ1) is 18.1. The van der Waals surface area contributed by atoms with E-state index in [2.05, 4.69) is 15.3 Å². The van der Waals surface area contributed by atoms with Crippen LogP contribution < -0.4 is 14.8 Å². The van der Waals surface area contributed by atoms with E-state index in [1.54, 1.807) is 6.20 Å². The number of aromatic nitrogens is 2. The first-order valence-electron chi connectivity index (χ1n) is 9.83. The number of hydrogen-bond acceptors (Lipinski definition) is 6. The SMILES string of the molecule is O=C(Nc1nc(-c2ccccn2)cs1)C1(c2ccc3c(c2)OCCO3)CCCC1. The van der Waals surface area contributed by atoms with Crippen LogP contribution in [0, 0.1) is 0 Å². The third kappa shape index (κ3) is 3.35. The number of rotatable bonds is 4. The van der Waals surface area contributed by atoms with Gasteiger partial charge in [0.15, 0.2) is 16.6 Å². The van der Waals surface area contributed by atoms with Gasteiger partial charge in [0.2, 0.25) is 5.91 Å². The van der Waals surface area contributed by atoms with Crippen LogP contribution in [0.15, 0.2) is 48.0 Å². The maximum Gasteiger partial charge on any atom is 0.236 e. The van der Waals surface area contributed by atoms with Crippen molar-refractivity contribution in [3.63, 3.8) is 0 Å². The third-order valence-electron chi connectivity index (χ3n) is 5.64. The van der Waals surface area contributed by atoms with E-state index in [0.29, 0.717) is 18.3 Å². The molecule has 1 aliphatic heterocycles. The highest BCUT2D eigenvalue weighted by molar-refractivity contribution is 7.14. The van der Waals surface area contributed by atoms with Crippen LogP contribution in [0.25, 0.3) is 11.4 Å². The van der Waals surface area contributed by atoms with Gasteiger partial charge in [0.25, 0.3) is 0 Å². The molecule has 5 rings (SSSR count). The van der Waals surface area contributed by atoms with Gasteiger partial charge >= 0.3 is 0 Å². The number of ether oxygens (including phenoxy) is 2. The molecule has 1 N–H and O–H groups in total. The number of pyridine rings is 1. The number of thiazole rings is 1.